The molecule has 3 nitrogen and oxygen atoms in total. The van der Waals surface area contributed by atoms with Crippen LogP contribution < -0.4 is 10.1 Å². The van der Waals surface area contributed by atoms with Crippen molar-refractivity contribution < 1.29 is 9.53 Å². The molecule has 1 amide bonds. The van der Waals surface area contributed by atoms with Crippen LogP contribution in [0.4, 0.5) is 5.69 Å². The van der Waals surface area contributed by atoms with Crippen molar-refractivity contribution in [2.24, 2.45) is 5.41 Å². The van der Waals surface area contributed by atoms with Crippen LogP contribution in [0.25, 0.3) is 0 Å². The first-order valence-corrected chi connectivity index (χ1v) is 10.6. The van der Waals surface area contributed by atoms with E-state index in [4.69, 9.17) is 4.74 Å². The van der Waals surface area contributed by atoms with Gasteiger partial charge in [0.05, 0.1) is 5.41 Å². The van der Waals surface area contributed by atoms with Crippen molar-refractivity contribution in [3.05, 3.63) is 58.1 Å². The van der Waals surface area contributed by atoms with E-state index < -0.39 is 0 Å². The van der Waals surface area contributed by atoms with Gasteiger partial charge in [-0.1, -0.05) is 58.9 Å². The highest BCUT2D eigenvalue weighted by atomic mass is 16.5. The van der Waals surface area contributed by atoms with E-state index in [0.29, 0.717) is 18.9 Å². The van der Waals surface area contributed by atoms with Crippen LogP contribution in [0.2, 0.25) is 0 Å². The molecule has 1 aliphatic rings. The first-order chi connectivity index (χ1) is 13.4. The van der Waals surface area contributed by atoms with E-state index in [0.717, 1.165) is 28.1 Å². The van der Waals surface area contributed by atoms with Crippen LogP contribution >= 0.6 is 0 Å². The zero-order chi connectivity index (χ0) is 21.6. The highest BCUT2D eigenvalue weighted by molar-refractivity contribution is 5.92. The summed E-state index contributed by atoms with van der Waals surface area (Å²) in [6.45, 7) is 17.7. The summed E-state index contributed by atoms with van der Waals surface area (Å²) in [7, 11) is 0. The lowest BCUT2D eigenvalue weighted by Crippen LogP contribution is -2.26. The molecule has 1 atom stereocenters. The minimum absolute atomic E-state index is 0.0421. The SMILES string of the molecule is Cc1c(NC(=O)CC(C)(C)C)cc2c(c1C)OCC2(C)c1ccc(C(C)C)cc1. The molecule has 1 heterocycles. The van der Waals surface area contributed by atoms with Crippen molar-refractivity contribution in [3.63, 3.8) is 0 Å². The lowest BCUT2D eigenvalue weighted by Gasteiger charge is -2.25. The van der Waals surface area contributed by atoms with Crippen molar-refractivity contribution in [1.29, 1.82) is 0 Å². The van der Waals surface area contributed by atoms with Crippen molar-refractivity contribution in [1.82, 2.24) is 0 Å². The van der Waals surface area contributed by atoms with Gasteiger partial charge in [-0.15, -0.1) is 0 Å². The Morgan fingerprint density at radius 2 is 1.76 bits per heavy atom. The van der Waals surface area contributed by atoms with Crippen molar-refractivity contribution in [3.8, 4) is 5.75 Å². The Labute approximate surface area is 175 Å². The minimum Gasteiger partial charge on any atom is -0.492 e. The number of nitrogens with one attached hydrogen (secondary N) is 1. The number of hydrogen-bond donors (Lipinski definition) is 1. The number of benzene rings is 2. The van der Waals surface area contributed by atoms with Gasteiger partial charge >= 0.3 is 0 Å². The van der Waals surface area contributed by atoms with Gasteiger partial charge in [0.15, 0.2) is 0 Å². The molecule has 1 N–H and O–H groups in total. The molecule has 0 aromatic heterocycles. The molecule has 156 valence electrons. The van der Waals surface area contributed by atoms with Gasteiger partial charge in [0, 0.05) is 17.7 Å². The molecule has 0 fully saturated rings. The third-order valence-corrected chi connectivity index (χ3v) is 6.12. The monoisotopic (exact) mass is 393 g/mol. The molecule has 3 heteroatoms. The summed E-state index contributed by atoms with van der Waals surface area (Å²) in [5.74, 6) is 1.53. The first-order valence-electron chi connectivity index (χ1n) is 10.6. The van der Waals surface area contributed by atoms with E-state index in [9.17, 15) is 4.79 Å². The third-order valence-electron chi connectivity index (χ3n) is 6.12. The Bertz CT molecular complexity index is 919. The fraction of sp³-hybridized carbons (Fsp3) is 0.500. The molecule has 2 aromatic carbocycles. The van der Waals surface area contributed by atoms with Gasteiger partial charge < -0.3 is 10.1 Å². The summed E-state index contributed by atoms with van der Waals surface area (Å²) in [5, 5.41) is 3.16. The molecule has 1 unspecified atom stereocenters. The molecule has 0 radical (unpaired) electrons. The number of rotatable bonds is 4. The second kappa shape index (κ2) is 7.51. The fourth-order valence-corrected chi connectivity index (χ4v) is 4.06. The molecule has 1 aliphatic heterocycles. The Morgan fingerprint density at radius 1 is 1.14 bits per heavy atom. The summed E-state index contributed by atoms with van der Waals surface area (Å²) in [6.07, 6.45) is 0.493. The maximum Gasteiger partial charge on any atom is 0.224 e. The summed E-state index contributed by atoms with van der Waals surface area (Å²) in [6, 6.07) is 11.0. The first kappa shape index (κ1) is 21.4. The third kappa shape index (κ3) is 4.19. The fourth-order valence-electron chi connectivity index (χ4n) is 4.06. The molecule has 0 saturated carbocycles. The van der Waals surface area contributed by atoms with Gasteiger partial charge in [-0.05, 0) is 60.4 Å². The Hall–Kier alpha value is -2.29. The number of hydrogen-bond acceptors (Lipinski definition) is 2. The summed E-state index contributed by atoms with van der Waals surface area (Å²) >= 11 is 0. The smallest absolute Gasteiger partial charge is 0.224 e. The quantitative estimate of drug-likeness (QED) is 0.644. The number of carbonyl (C=O) groups excluding carboxylic acids is 1. The summed E-state index contributed by atoms with van der Waals surface area (Å²) in [5.41, 5.74) is 6.55. The molecular formula is C26H35NO2. The maximum atomic E-state index is 12.6. The van der Waals surface area contributed by atoms with Gasteiger partial charge in [-0.25, -0.2) is 0 Å². The van der Waals surface area contributed by atoms with Crippen LogP contribution in [-0.4, -0.2) is 12.5 Å². The number of carbonyl (C=O) groups is 1. The highest BCUT2D eigenvalue weighted by Crippen LogP contribution is 2.47. The van der Waals surface area contributed by atoms with E-state index in [1.54, 1.807) is 0 Å². The lowest BCUT2D eigenvalue weighted by atomic mass is 9.76. The van der Waals surface area contributed by atoms with E-state index >= 15 is 0 Å². The largest absolute Gasteiger partial charge is 0.492 e. The van der Waals surface area contributed by atoms with E-state index in [-0.39, 0.29) is 16.7 Å². The van der Waals surface area contributed by atoms with Crippen molar-refractivity contribution in [2.45, 2.75) is 73.1 Å². The Kier molecular flexibility index (Phi) is 5.55. The molecule has 29 heavy (non-hydrogen) atoms. The van der Waals surface area contributed by atoms with Crippen LogP contribution in [0.5, 0.6) is 5.75 Å². The zero-order valence-electron chi connectivity index (χ0n) is 19.2. The topological polar surface area (TPSA) is 38.3 Å². The molecule has 0 saturated heterocycles. The maximum absolute atomic E-state index is 12.6. The Morgan fingerprint density at radius 3 is 2.31 bits per heavy atom. The van der Waals surface area contributed by atoms with Crippen LogP contribution in [0.3, 0.4) is 0 Å². The van der Waals surface area contributed by atoms with Crippen molar-refractivity contribution >= 4 is 11.6 Å². The van der Waals surface area contributed by atoms with E-state index in [1.807, 2.05) is 0 Å². The van der Waals surface area contributed by atoms with Gasteiger partial charge in [-0.2, -0.15) is 0 Å². The number of ether oxygens (including phenoxy) is 1. The number of amides is 1. The lowest BCUT2D eigenvalue weighted by molar-refractivity contribution is -0.117. The van der Waals surface area contributed by atoms with Crippen LogP contribution in [0.1, 0.15) is 81.7 Å². The standard InChI is InChI=1S/C26H35NO2/c1-16(2)19-9-11-20(12-10-19)26(8)15-29-24-18(4)17(3)22(13-21(24)26)27-23(28)14-25(5,6)7/h9-13,16H,14-15H2,1-8H3,(H,27,28). The van der Waals surface area contributed by atoms with Crippen LogP contribution in [0, 0.1) is 19.3 Å². The second-order valence-electron chi connectivity index (χ2n) is 10.2. The molecule has 3 rings (SSSR count). The molecule has 0 spiro atoms. The van der Waals surface area contributed by atoms with Crippen LogP contribution in [0.15, 0.2) is 30.3 Å². The normalized spacial score (nSPS) is 18.5. The zero-order valence-corrected chi connectivity index (χ0v) is 19.2. The molecule has 2 aromatic rings. The predicted octanol–water partition coefficient (Wildman–Crippen LogP) is 6.50. The average Bonchev–Trinajstić information content (AvgIpc) is 2.96. The predicted molar refractivity (Wildman–Crippen MR) is 121 cm³/mol. The van der Waals surface area contributed by atoms with Gasteiger partial charge in [0.25, 0.3) is 0 Å². The second-order valence-corrected chi connectivity index (χ2v) is 10.2. The Balaban J connectivity index is 2.00. The van der Waals surface area contributed by atoms with E-state index in [1.165, 1.54) is 11.1 Å². The van der Waals surface area contributed by atoms with Crippen LogP contribution in [-0.2, 0) is 10.2 Å². The summed E-state index contributed by atoms with van der Waals surface area (Å²) < 4.78 is 6.19. The number of fused-ring (bicyclic) bond motifs is 1. The molecular weight excluding hydrogens is 358 g/mol. The van der Waals surface area contributed by atoms with Gasteiger partial charge in [-0.3, -0.25) is 4.79 Å². The summed E-state index contributed by atoms with van der Waals surface area (Å²) in [4.78, 5) is 12.6. The highest BCUT2D eigenvalue weighted by Gasteiger charge is 2.40. The van der Waals surface area contributed by atoms with Crippen molar-refractivity contribution in [2.75, 3.05) is 11.9 Å². The van der Waals surface area contributed by atoms with E-state index in [2.05, 4.69) is 91.0 Å². The number of anilines is 1. The van der Waals surface area contributed by atoms with Gasteiger partial charge in [0.1, 0.15) is 12.4 Å². The minimum atomic E-state index is -0.229. The average molecular weight is 394 g/mol. The molecule has 0 aliphatic carbocycles. The van der Waals surface area contributed by atoms with Gasteiger partial charge in [0.2, 0.25) is 5.91 Å². The molecule has 0 bridgehead atoms.